The lowest BCUT2D eigenvalue weighted by Crippen LogP contribution is -2.34. The molecule has 1 atom stereocenters. The summed E-state index contributed by atoms with van der Waals surface area (Å²) in [7, 11) is -3.29. The predicted molar refractivity (Wildman–Crippen MR) is 113 cm³/mol. The monoisotopic (exact) mass is 415 g/mol. The molecule has 146 valence electrons. The number of aryl methyl sites for hydroxylation is 1. The van der Waals surface area contributed by atoms with Crippen molar-refractivity contribution >= 4 is 27.0 Å². The molecule has 3 heterocycles. The Labute approximate surface area is 168 Å². The summed E-state index contributed by atoms with van der Waals surface area (Å²) < 4.78 is 27.3. The Morgan fingerprint density at radius 1 is 1.25 bits per heavy atom. The summed E-state index contributed by atoms with van der Waals surface area (Å²) in [4.78, 5) is 16.8. The fourth-order valence-electron chi connectivity index (χ4n) is 3.67. The van der Waals surface area contributed by atoms with Crippen molar-refractivity contribution in [3.05, 3.63) is 68.4 Å². The van der Waals surface area contributed by atoms with Crippen LogP contribution in [0.1, 0.15) is 23.1 Å². The molecule has 0 fully saturated rings. The number of benzene rings is 1. The lowest BCUT2D eigenvalue weighted by molar-refractivity contribution is 0.590. The van der Waals surface area contributed by atoms with E-state index in [0.717, 1.165) is 33.1 Å². The highest BCUT2D eigenvalue weighted by Gasteiger charge is 2.32. The molecule has 28 heavy (non-hydrogen) atoms. The second-order valence-corrected chi connectivity index (χ2v) is 10.1. The van der Waals surface area contributed by atoms with Gasteiger partial charge in [0.2, 0.25) is 10.0 Å². The zero-order valence-corrected chi connectivity index (χ0v) is 17.5. The summed E-state index contributed by atoms with van der Waals surface area (Å²) in [5.41, 5.74) is 4.47. The minimum Gasteiger partial charge on any atom is -0.309 e. The smallest absolute Gasteiger partial charge is 0.251 e. The second-order valence-electron chi connectivity index (χ2n) is 7.25. The Morgan fingerprint density at radius 3 is 2.75 bits per heavy atom. The van der Waals surface area contributed by atoms with Gasteiger partial charge in [-0.1, -0.05) is 6.07 Å². The number of hydrogen-bond acceptors (Lipinski definition) is 5. The maximum absolute atomic E-state index is 12.1. The van der Waals surface area contributed by atoms with Crippen molar-refractivity contribution in [2.24, 2.45) is 0 Å². The normalized spacial score (nSPS) is 16.4. The van der Waals surface area contributed by atoms with Crippen molar-refractivity contribution in [3.63, 3.8) is 0 Å². The number of rotatable bonds is 4. The summed E-state index contributed by atoms with van der Waals surface area (Å²) in [6.07, 6.45) is 3.72. The van der Waals surface area contributed by atoms with Gasteiger partial charge in [-0.3, -0.25) is 9.10 Å². The third-order valence-electron chi connectivity index (χ3n) is 4.89. The second kappa shape index (κ2) is 6.86. The van der Waals surface area contributed by atoms with Crippen molar-refractivity contribution in [2.75, 3.05) is 10.6 Å². The van der Waals surface area contributed by atoms with E-state index in [9.17, 15) is 13.2 Å². The van der Waals surface area contributed by atoms with Crippen molar-refractivity contribution in [1.29, 1.82) is 0 Å². The van der Waals surface area contributed by atoms with Crippen molar-refractivity contribution in [1.82, 2.24) is 9.55 Å². The highest BCUT2D eigenvalue weighted by atomic mass is 32.2. The van der Waals surface area contributed by atoms with E-state index in [1.807, 2.05) is 43.5 Å². The van der Waals surface area contributed by atoms with Crippen LogP contribution in [0.25, 0.3) is 11.3 Å². The van der Waals surface area contributed by atoms with Gasteiger partial charge in [-0.15, -0.1) is 11.3 Å². The molecule has 8 heteroatoms. The predicted octanol–water partition coefficient (Wildman–Crippen LogP) is 3.04. The lowest BCUT2D eigenvalue weighted by Gasteiger charge is -2.21. The van der Waals surface area contributed by atoms with Gasteiger partial charge in [0, 0.05) is 29.2 Å². The highest BCUT2D eigenvalue weighted by molar-refractivity contribution is 7.92. The van der Waals surface area contributed by atoms with Crippen LogP contribution in [0.3, 0.4) is 0 Å². The van der Waals surface area contributed by atoms with Gasteiger partial charge in [0.25, 0.3) is 5.56 Å². The molecule has 0 saturated carbocycles. The highest BCUT2D eigenvalue weighted by Crippen LogP contribution is 2.37. The summed E-state index contributed by atoms with van der Waals surface area (Å²) in [6.45, 7) is 4.25. The molecule has 2 aromatic heterocycles. The van der Waals surface area contributed by atoms with Crippen molar-refractivity contribution in [3.8, 4) is 11.3 Å². The van der Waals surface area contributed by atoms with E-state index >= 15 is 0 Å². The first kappa shape index (κ1) is 18.9. The quantitative estimate of drug-likeness (QED) is 0.657. The van der Waals surface area contributed by atoms with Crippen LogP contribution in [-0.4, -0.2) is 30.3 Å². The molecule has 0 N–H and O–H groups in total. The number of fused-ring (bicyclic) bond motifs is 1. The fraction of sp³-hybridized carbons (Fsp3) is 0.300. The Hall–Kier alpha value is -2.45. The van der Waals surface area contributed by atoms with Crippen molar-refractivity contribution < 1.29 is 8.42 Å². The van der Waals surface area contributed by atoms with Crippen LogP contribution in [0.5, 0.6) is 0 Å². The summed E-state index contributed by atoms with van der Waals surface area (Å²) >= 11 is 1.51. The van der Waals surface area contributed by atoms with Crippen LogP contribution in [0.2, 0.25) is 0 Å². The molecular weight excluding hydrogens is 394 g/mol. The maximum Gasteiger partial charge on any atom is 0.251 e. The number of hydrogen-bond donors (Lipinski definition) is 0. The van der Waals surface area contributed by atoms with Crippen LogP contribution >= 0.6 is 11.3 Å². The molecular formula is C20H21N3O3S2. The van der Waals surface area contributed by atoms with E-state index in [4.69, 9.17) is 0 Å². The standard InChI is InChI=1S/C20H21N3O3S2/c1-13-6-7-22(20(24)8-13)11-19-21-17(12-27-19)15-4-5-18-16(10-15)9-14(2)23(18)28(3,25)26/h4-8,10,12,14H,9,11H2,1-3H3. The molecule has 3 aromatic rings. The molecule has 1 aliphatic heterocycles. The first-order valence-electron chi connectivity index (χ1n) is 8.96. The molecule has 0 aliphatic carbocycles. The average Bonchev–Trinajstić information content (AvgIpc) is 3.19. The van der Waals surface area contributed by atoms with E-state index in [1.54, 1.807) is 16.8 Å². The van der Waals surface area contributed by atoms with Crippen LogP contribution < -0.4 is 9.86 Å². The van der Waals surface area contributed by atoms with Crippen LogP contribution in [0, 0.1) is 6.92 Å². The third-order valence-corrected chi connectivity index (χ3v) is 7.00. The molecule has 0 spiro atoms. The van der Waals surface area contributed by atoms with E-state index < -0.39 is 10.0 Å². The van der Waals surface area contributed by atoms with Gasteiger partial charge in [0.15, 0.2) is 0 Å². The zero-order valence-electron chi connectivity index (χ0n) is 15.9. The number of thiazole rings is 1. The van der Waals surface area contributed by atoms with Gasteiger partial charge in [0.05, 0.1) is 24.2 Å². The van der Waals surface area contributed by atoms with Gasteiger partial charge in [-0.2, -0.15) is 0 Å². The molecule has 0 bridgehead atoms. The van der Waals surface area contributed by atoms with E-state index in [-0.39, 0.29) is 11.6 Å². The van der Waals surface area contributed by atoms with E-state index in [0.29, 0.717) is 13.0 Å². The van der Waals surface area contributed by atoms with Crippen LogP contribution in [-0.2, 0) is 23.0 Å². The largest absolute Gasteiger partial charge is 0.309 e. The number of anilines is 1. The first-order valence-corrected chi connectivity index (χ1v) is 11.7. The average molecular weight is 416 g/mol. The molecule has 0 saturated heterocycles. The molecule has 1 aromatic carbocycles. The SMILES string of the molecule is Cc1ccn(Cc2nc(-c3ccc4c(c3)CC(C)N4S(C)(=O)=O)cs2)c(=O)c1. The van der Waals surface area contributed by atoms with Gasteiger partial charge in [0.1, 0.15) is 5.01 Å². The van der Waals surface area contributed by atoms with Gasteiger partial charge in [-0.25, -0.2) is 13.4 Å². The fourth-order valence-corrected chi connectivity index (χ4v) is 5.73. The molecule has 1 aliphatic rings. The minimum atomic E-state index is -3.29. The van der Waals surface area contributed by atoms with Crippen LogP contribution in [0.4, 0.5) is 5.69 Å². The van der Waals surface area contributed by atoms with Crippen molar-refractivity contribution in [2.45, 2.75) is 32.9 Å². The molecule has 0 radical (unpaired) electrons. The molecule has 6 nitrogen and oxygen atoms in total. The summed E-state index contributed by atoms with van der Waals surface area (Å²) in [5.74, 6) is 0. The first-order chi connectivity index (χ1) is 13.2. The topological polar surface area (TPSA) is 72.3 Å². The number of aromatic nitrogens is 2. The van der Waals surface area contributed by atoms with Crippen LogP contribution in [0.15, 0.2) is 46.7 Å². The Kier molecular flexibility index (Phi) is 4.63. The minimum absolute atomic E-state index is 0.0378. The lowest BCUT2D eigenvalue weighted by atomic mass is 10.1. The Balaban J connectivity index is 1.62. The Bertz CT molecular complexity index is 1210. The number of nitrogens with zero attached hydrogens (tertiary/aromatic N) is 3. The maximum atomic E-state index is 12.1. The van der Waals surface area contributed by atoms with E-state index in [1.165, 1.54) is 21.9 Å². The van der Waals surface area contributed by atoms with Gasteiger partial charge >= 0.3 is 0 Å². The zero-order chi connectivity index (χ0) is 20.1. The number of pyridine rings is 1. The number of sulfonamides is 1. The summed E-state index contributed by atoms with van der Waals surface area (Å²) in [6, 6.07) is 9.23. The Morgan fingerprint density at radius 2 is 2.04 bits per heavy atom. The van der Waals surface area contributed by atoms with Gasteiger partial charge < -0.3 is 4.57 Å². The molecule has 4 rings (SSSR count). The van der Waals surface area contributed by atoms with Gasteiger partial charge in [-0.05, 0) is 49.6 Å². The molecule has 1 unspecified atom stereocenters. The van der Waals surface area contributed by atoms with E-state index in [2.05, 4.69) is 4.98 Å². The third kappa shape index (κ3) is 3.49. The molecule has 0 amide bonds. The summed E-state index contributed by atoms with van der Waals surface area (Å²) in [5, 5.41) is 2.83.